The van der Waals surface area contributed by atoms with E-state index >= 15 is 0 Å². The Labute approximate surface area is 96.4 Å². The van der Waals surface area contributed by atoms with Gasteiger partial charge in [0.1, 0.15) is 0 Å². The average molecular weight is 221 g/mol. The molecule has 0 aromatic heterocycles. The highest BCUT2D eigenvalue weighted by Gasteiger charge is 2.13. The van der Waals surface area contributed by atoms with E-state index in [0.717, 1.165) is 38.5 Å². The summed E-state index contributed by atoms with van der Waals surface area (Å²) in [6.07, 6.45) is 0. The first-order valence-corrected chi connectivity index (χ1v) is 5.77. The molecular weight excluding hydrogens is 202 g/mol. The van der Waals surface area contributed by atoms with Gasteiger partial charge < -0.3 is 20.7 Å². The van der Waals surface area contributed by atoms with Gasteiger partial charge >= 0.3 is 0 Å². The topological polar surface area (TPSA) is 50.5 Å². The number of nitrogens with one attached hydrogen (secondary N) is 1. The zero-order chi connectivity index (χ0) is 11.2. The highest BCUT2D eigenvalue weighted by atomic mass is 16.5. The van der Waals surface area contributed by atoms with E-state index in [9.17, 15) is 0 Å². The molecular formula is C12H19N3O. The maximum Gasteiger partial charge on any atom is 0.0642 e. The van der Waals surface area contributed by atoms with Gasteiger partial charge in [0.2, 0.25) is 0 Å². The number of hydrogen-bond donors (Lipinski definition) is 2. The van der Waals surface area contributed by atoms with Crippen LogP contribution in [0.25, 0.3) is 0 Å². The highest BCUT2D eigenvalue weighted by molar-refractivity contribution is 5.70. The monoisotopic (exact) mass is 221 g/mol. The van der Waals surface area contributed by atoms with Crippen LogP contribution in [0.5, 0.6) is 0 Å². The van der Waals surface area contributed by atoms with E-state index in [-0.39, 0.29) is 0 Å². The summed E-state index contributed by atoms with van der Waals surface area (Å²) in [5, 5.41) is 3.35. The summed E-state index contributed by atoms with van der Waals surface area (Å²) in [6.45, 7) is 5.00. The van der Waals surface area contributed by atoms with Crippen LogP contribution in [0, 0.1) is 0 Å². The molecule has 1 saturated heterocycles. The molecule has 0 spiro atoms. The van der Waals surface area contributed by atoms with Gasteiger partial charge in [-0.15, -0.1) is 0 Å². The summed E-state index contributed by atoms with van der Waals surface area (Å²) in [7, 11) is 0. The van der Waals surface area contributed by atoms with Crippen LogP contribution in [0.3, 0.4) is 0 Å². The van der Waals surface area contributed by atoms with Crippen molar-refractivity contribution in [3.63, 3.8) is 0 Å². The van der Waals surface area contributed by atoms with E-state index in [4.69, 9.17) is 10.5 Å². The maximum atomic E-state index is 5.51. The van der Waals surface area contributed by atoms with Crippen LogP contribution in [-0.2, 0) is 4.74 Å². The van der Waals surface area contributed by atoms with Gasteiger partial charge in [0.15, 0.2) is 0 Å². The molecule has 4 nitrogen and oxygen atoms in total. The van der Waals surface area contributed by atoms with Gasteiger partial charge in [-0.05, 0) is 12.1 Å². The highest BCUT2D eigenvalue weighted by Crippen LogP contribution is 2.25. The molecule has 1 fully saturated rings. The van der Waals surface area contributed by atoms with Crippen LogP contribution in [-0.4, -0.2) is 39.4 Å². The minimum atomic E-state index is 0.650. The molecule has 4 heteroatoms. The lowest BCUT2D eigenvalue weighted by molar-refractivity contribution is 0.123. The molecule has 0 aliphatic carbocycles. The Balaban J connectivity index is 2.11. The van der Waals surface area contributed by atoms with Gasteiger partial charge in [-0.25, -0.2) is 0 Å². The Kier molecular flexibility index (Phi) is 4.02. The first-order chi connectivity index (χ1) is 7.92. The first kappa shape index (κ1) is 11.2. The number of anilines is 2. The number of nitrogens with two attached hydrogens (primary N) is 1. The molecule has 0 bridgehead atoms. The summed E-state index contributed by atoms with van der Waals surface area (Å²) >= 11 is 0. The molecule has 0 saturated carbocycles. The van der Waals surface area contributed by atoms with Crippen molar-refractivity contribution in [3.05, 3.63) is 24.3 Å². The third kappa shape index (κ3) is 2.65. The van der Waals surface area contributed by atoms with E-state index in [1.165, 1.54) is 5.69 Å². The molecule has 0 atom stereocenters. The zero-order valence-electron chi connectivity index (χ0n) is 9.48. The summed E-state index contributed by atoms with van der Waals surface area (Å²) in [4.78, 5) is 2.35. The number of para-hydroxylation sites is 2. The van der Waals surface area contributed by atoms with Crippen molar-refractivity contribution in [1.29, 1.82) is 0 Å². The van der Waals surface area contributed by atoms with E-state index in [2.05, 4.69) is 28.4 Å². The minimum absolute atomic E-state index is 0.650. The van der Waals surface area contributed by atoms with Gasteiger partial charge in [0, 0.05) is 26.2 Å². The standard InChI is InChI=1S/C12H19N3O/c13-5-6-14-11-3-1-2-4-12(11)15-7-9-16-10-8-15/h1-4,14H,5-10,13H2. The third-order valence-electron chi connectivity index (χ3n) is 2.72. The molecule has 16 heavy (non-hydrogen) atoms. The van der Waals surface area contributed by atoms with Crippen LogP contribution in [0.15, 0.2) is 24.3 Å². The Morgan fingerprint density at radius 2 is 2.00 bits per heavy atom. The second kappa shape index (κ2) is 5.72. The quantitative estimate of drug-likeness (QED) is 0.793. The molecule has 1 aliphatic rings. The SMILES string of the molecule is NCCNc1ccccc1N1CCOCC1. The number of ether oxygens (including phenoxy) is 1. The van der Waals surface area contributed by atoms with Crippen molar-refractivity contribution < 1.29 is 4.74 Å². The normalized spacial score (nSPS) is 16.2. The minimum Gasteiger partial charge on any atom is -0.382 e. The van der Waals surface area contributed by atoms with Crippen LogP contribution >= 0.6 is 0 Å². The first-order valence-electron chi connectivity index (χ1n) is 5.77. The number of rotatable bonds is 4. The predicted molar refractivity (Wildman–Crippen MR) is 67.0 cm³/mol. The summed E-state index contributed by atoms with van der Waals surface area (Å²) in [6, 6.07) is 8.35. The zero-order valence-corrected chi connectivity index (χ0v) is 9.48. The van der Waals surface area contributed by atoms with E-state index in [0.29, 0.717) is 6.54 Å². The second-order valence-corrected chi connectivity index (χ2v) is 3.83. The molecule has 1 aromatic rings. The number of morpholine rings is 1. The summed E-state index contributed by atoms with van der Waals surface area (Å²) in [5.74, 6) is 0. The maximum absolute atomic E-state index is 5.51. The Bertz CT molecular complexity index is 324. The van der Waals surface area contributed by atoms with Gasteiger partial charge in [0.05, 0.1) is 24.6 Å². The smallest absolute Gasteiger partial charge is 0.0642 e. The van der Waals surface area contributed by atoms with Crippen molar-refractivity contribution in [1.82, 2.24) is 0 Å². The van der Waals surface area contributed by atoms with Crippen molar-refractivity contribution >= 4 is 11.4 Å². The Hall–Kier alpha value is -1.26. The molecule has 88 valence electrons. The van der Waals surface area contributed by atoms with E-state index in [1.807, 2.05) is 6.07 Å². The lowest BCUT2D eigenvalue weighted by Crippen LogP contribution is -2.36. The molecule has 1 heterocycles. The molecule has 1 aliphatic heterocycles. The second-order valence-electron chi connectivity index (χ2n) is 3.83. The Morgan fingerprint density at radius 3 is 2.75 bits per heavy atom. The van der Waals surface area contributed by atoms with Crippen LogP contribution < -0.4 is 16.0 Å². The molecule has 1 aromatic carbocycles. The summed E-state index contributed by atoms with van der Waals surface area (Å²) in [5.41, 5.74) is 7.92. The lowest BCUT2D eigenvalue weighted by Gasteiger charge is -2.30. The molecule has 3 N–H and O–H groups in total. The van der Waals surface area contributed by atoms with E-state index < -0.39 is 0 Å². The lowest BCUT2D eigenvalue weighted by atomic mass is 10.2. The number of benzene rings is 1. The van der Waals surface area contributed by atoms with Gasteiger partial charge in [0.25, 0.3) is 0 Å². The van der Waals surface area contributed by atoms with Crippen molar-refractivity contribution in [2.45, 2.75) is 0 Å². The van der Waals surface area contributed by atoms with Crippen LogP contribution in [0.4, 0.5) is 11.4 Å². The third-order valence-corrected chi connectivity index (χ3v) is 2.72. The fourth-order valence-electron chi connectivity index (χ4n) is 1.91. The molecule has 2 rings (SSSR count). The molecule has 0 amide bonds. The van der Waals surface area contributed by atoms with Crippen molar-refractivity contribution in [3.8, 4) is 0 Å². The molecule has 0 unspecified atom stereocenters. The fourth-order valence-corrected chi connectivity index (χ4v) is 1.91. The van der Waals surface area contributed by atoms with Gasteiger partial charge in [-0.1, -0.05) is 12.1 Å². The van der Waals surface area contributed by atoms with Crippen molar-refractivity contribution in [2.75, 3.05) is 49.6 Å². The number of nitrogens with zero attached hydrogens (tertiary/aromatic N) is 1. The Morgan fingerprint density at radius 1 is 1.25 bits per heavy atom. The fraction of sp³-hybridized carbons (Fsp3) is 0.500. The van der Waals surface area contributed by atoms with Crippen LogP contribution in [0.1, 0.15) is 0 Å². The van der Waals surface area contributed by atoms with Gasteiger partial charge in [-0.3, -0.25) is 0 Å². The molecule has 0 radical (unpaired) electrons. The van der Waals surface area contributed by atoms with E-state index in [1.54, 1.807) is 0 Å². The van der Waals surface area contributed by atoms with Gasteiger partial charge in [-0.2, -0.15) is 0 Å². The summed E-state index contributed by atoms with van der Waals surface area (Å²) < 4.78 is 5.36. The largest absolute Gasteiger partial charge is 0.382 e. The number of hydrogen-bond acceptors (Lipinski definition) is 4. The van der Waals surface area contributed by atoms with Crippen molar-refractivity contribution in [2.24, 2.45) is 5.73 Å². The van der Waals surface area contributed by atoms with Crippen LogP contribution in [0.2, 0.25) is 0 Å². The average Bonchev–Trinajstić information content (AvgIpc) is 2.38. The predicted octanol–water partition coefficient (Wildman–Crippen LogP) is 0.894.